The molecule has 2 aromatic carbocycles. The summed E-state index contributed by atoms with van der Waals surface area (Å²) in [6.45, 7) is 0. The summed E-state index contributed by atoms with van der Waals surface area (Å²) < 4.78 is 0. The third kappa shape index (κ3) is 5.05. The van der Waals surface area contributed by atoms with Gasteiger partial charge < -0.3 is 10.4 Å². The van der Waals surface area contributed by atoms with Crippen molar-refractivity contribution in [2.75, 3.05) is 0 Å². The number of amides is 1. The Morgan fingerprint density at radius 2 is 1.45 bits per heavy atom. The third-order valence-corrected chi connectivity index (χ3v) is 3.40. The monoisotopic (exact) mass is 297 g/mol. The highest BCUT2D eigenvalue weighted by Crippen LogP contribution is 2.05. The molecule has 1 atom stereocenters. The molecule has 0 fully saturated rings. The summed E-state index contributed by atoms with van der Waals surface area (Å²) in [5, 5.41) is 11.9. The SMILES string of the molecule is O=C(CCc1ccccc1)N[C@H](Cc1ccccc1)C(=O)O. The van der Waals surface area contributed by atoms with E-state index in [4.69, 9.17) is 0 Å². The van der Waals surface area contributed by atoms with E-state index in [0.29, 0.717) is 6.42 Å². The fourth-order valence-corrected chi connectivity index (χ4v) is 2.22. The maximum atomic E-state index is 11.9. The van der Waals surface area contributed by atoms with Crippen LogP contribution in [0.2, 0.25) is 0 Å². The fourth-order valence-electron chi connectivity index (χ4n) is 2.22. The number of carbonyl (C=O) groups is 2. The Morgan fingerprint density at radius 3 is 2.00 bits per heavy atom. The van der Waals surface area contributed by atoms with E-state index in [1.165, 1.54) is 0 Å². The summed E-state index contributed by atoms with van der Waals surface area (Å²) in [6.07, 6.45) is 1.17. The molecule has 0 radical (unpaired) electrons. The van der Waals surface area contributed by atoms with Crippen LogP contribution in [0.4, 0.5) is 0 Å². The average molecular weight is 297 g/mol. The van der Waals surface area contributed by atoms with E-state index >= 15 is 0 Å². The number of rotatable bonds is 7. The molecule has 0 aliphatic carbocycles. The van der Waals surface area contributed by atoms with E-state index in [1.807, 2.05) is 60.7 Å². The average Bonchev–Trinajstić information content (AvgIpc) is 2.54. The molecule has 0 spiro atoms. The van der Waals surface area contributed by atoms with Crippen molar-refractivity contribution in [1.29, 1.82) is 0 Å². The van der Waals surface area contributed by atoms with Gasteiger partial charge in [-0.2, -0.15) is 0 Å². The van der Waals surface area contributed by atoms with Crippen molar-refractivity contribution in [2.24, 2.45) is 0 Å². The standard InChI is InChI=1S/C18H19NO3/c20-17(12-11-14-7-3-1-4-8-14)19-16(18(21)22)13-15-9-5-2-6-10-15/h1-10,16H,11-13H2,(H,19,20)(H,21,22)/t16-/m1/s1. The molecule has 0 unspecified atom stereocenters. The van der Waals surface area contributed by atoms with Gasteiger partial charge in [0.15, 0.2) is 0 Å². The van der Waals surface area contributed by atoms with E-state index in [-0.39, 0.29) is 18.7 Å². The quantitative estimate of drug-likeness (QED) is 0.825. The molecule has 0 aromatic heterocycles. The van der Waals surface area contributed by atoms with Crippen LogP contribution >= 0.6 is 0 Å². The van der Waals surface area contributed by atoms with Crippen LogP contribution in [-0.4, -0.2) is 23.0 Å². The van der Waals surface area contributed by atoms with Gasteiger partial charge in [0, 0.05) is 12.8 Å². The first kappa shape index (κ1) is 15.8. The van der Waals surface area contributed by atoms with Crippen LogP contribution in [0.3, 0.4) is 0 Å². The molecule has 2 rings (SSSR count). The Hall–Kier alpha value is -2.62. The zero-order valence-corrected chi connectivity index (χ0v) is 12.2. The smallest absolute Gasteiger partial charge is 0.326 e. The van der Waals surface area contributed by atoms with Crippen molar-refractivity contribution >= 4 is 11.9 Å². The number of hydrogen-bond acceptors (Lipinski definition) is 2. The summed E-state index contributed by atoms with van der Waals surface area (Å²) in [7, 11) is 0. The van der Waals surface area contributed by atoms with E-state index in [2.05, 4.69) is 5.32 Å². The Morgan fingerprint density at radius 1 is 0.909 bits per heavy atom. The van der Waals surface area contributed by atoms with Crippen molar-refractivity contribution in [2.45, 2.75) is 25.3 Å². The maximum absolute atomic E-state index is 11.9. The van der Waals surface area contributed by atoms with Crippen LogP contribution in [0.1, 0.15) is 17.5 Å². The predicted molar refractivity (Wildman–Crippen MR) is 84.5 cm³/mol. The molecule has 2 aromatic rings. The highest BCUT2D eigenvalue weighted by molar-refractivity contribution is 5.83. The van der Waals surface area contributed by atoms with Crippen LogP contribution in [0, 0.1) is 0 Å². The molecule has 0 aliphatic heterocycles. The number of benzene rings is 2. The van der Waals surface area contributed by atoms with Gasteiger partial charge in [-0.15, -0.1) is 0 Å². The lowest BCUT2D eigenvalue weighted by Gasteiger charge is -2.14. The minimum Gasteiger partial charge on any atom is -0.480 e. The summed E-state index contributed by atoms with van der Waals surface area (Å²) >= 11 is 0. The number of hydrogen-bond donors (Lipinski definition) is 2. The summed E-state index contributed by atoms with van der Waals surface area (Å²) in [5.41, 5.74) is 1.95. The largest absolute Gasteiger partial charge is 0.480 e. The number of carboxylic acids is 1. The van der Waals surface area contributed by atoms with Crippen molar-refractivity contribution < 1.29 is 14.7 Å². The number of aliphatic carboxylic acids is 1. The normalized spacial score (nSPS) is 11.6. The Balaban J connectivity index is 1.88. The molecule has 0 heterocycles. The molecule has 22 heavy (non-hydrogen) atoms. The van der Waals surface area contributed by atoms with Gasteiger partial charge in [-0.1, -0.05) is 60.7 Å². The van der Waals surface area contributed by atoms with Crippen LogP contribution < -0.4 is 5.32 Å². The van der Waals surface area contributed by atoms with E-state index in [0.717, 1.165) is 11.1 Å². The third-order valence-electron chi connectivity index (χ3n) is 3.40. The highest BCUT2D eigenvalue weighted by atomic mass is 16.4. The van der Waals surface area contributed by atoms with Crippen LogP contribution in [-0.2, 0) is 22.4 Å². The first-order chi connectivity index (χ1) is 10.6. The molecule has 4 nitrogen and oxygen atoms in total. The first-order valence-electron chi connectivity index (χ1n) is 7.25. The summed E-state index contributed by atoms with van der Waals surface area (Å²) in [6, 6.07) is 18.0. The molecule has 0 saturated heterocycles. The lowest BCUT2D eigenvalue weighted by atomic mass is 10.1. The van der Waals surface area contributed by atoms with Crippen molar-refractivity contribution in [1.82, 2.24) is 5.32 Å². The maximum Gasteiger partial charge on any atom is 0.326 e. The highest BCUT2D eigenvalue weighted by Gasteiger charge is 2.20. The molecular formula is C18H19NO3. The number of aryl methyl sites for hydroxylation is 1. The van der Waals surface area contributed by atoms with E-state index in [1.54, 1.807) is 0 Å². The molecule has 1 amide bonds. The predicted octanol–water partition coefficient (Wildman–Crippen LogP) is 2.43. The molecule has 0 saturated carbocycles. The van der Waals surface area contributed by atoms with Crippen LogP contribution in [0.15, 0.2) is 60.7 Å². The summed E-state index contributed by atoms with van der Waals surface area (Å²) in [4.78, 5) is 23.2. The minimum absolute atomic E-state index is 0.243. The molecule has 4 heteroatoms. The van der Waals surface area contributed by atoms with Gasteiger partial charge in [-0.25, -0.2) is 4.79 Å². The van der Waals surface area contributed by atoms with Gasteiger partial charge in [-0.3, -0.25) is 4.79 Å². The van der Waals surface area contributed by atoms with Crippen molar-refractivity contribution in [3.05, 3.63) is 71.8 Å². The Kier molecular flexibility index (Phi) is 5.72. The van der Waals surface area contributed by atoms with E-state index < -0.39 is 12.0 Å². The van der Waals surface area contributed by atoms with Crippen molar-refractivity contribution in [3.8, 4) is 0 Å². The van der Waals surface area contributed by atoms with Crippen molar-refractivity contribution in [3.63, 3.8) is 0 Å². The van der Waals surface area contributed by atoms with Gasteiger partial charge >= 0.3 is 5.97 Å². The lowest BCUT2D eigenvalue weighted by molar-refractivity contribution is -0.141. The fraction of sp³-hybridized carbons (Fsp3) is 0.222. The van der Waals surface area contributed by atoms with Gasteiger partial charge in [0.25, 0.3) is 0 Å². The molecule has 114 valence electrons. The zero-order chi connectivity index (χ0) is 15.8. The molecule has 2 N–H and O–H groups in total. The Bertz CT molecular complexity index is 611. The first-order valence-corrected chi connectivity index (χ1v) is 7.25. The van der Waals surface area contributed by atoms with Gasteiger partial charge in [0.05, 0.1) is 0 Å². The second-order valence-corrected chi connectivity index (χ2v) is 5.13. The van der Waals surface area contributed by atoms with E-state index in [9.17, 15) is 14.7 Å². The molecular weight excluding hydrogens is 278 g/mol. The number of nitrogens with one attached hydrogen (secondary N) is 1. The van der Waals surface area contributed by atoms with Crippen LogP contribution in [0.25, 0.3) is 0 Å². The number of carbonyl (C=O) groups excluding carboxylic acids is 1. The summed E-state index contributed by atoms with van der Waals surface area (Å²) in [5.74, 6) is -1.26. The van der Waals surface area contributed by atoms with Gasteiger partial charge in [0.2, 0.25) is 5.91 Å². The minimum atomic E-state index is -1.02. The number of carboxylic acid groups (broad SMARTS) is 1. The molecule has 0 aliphatic rings. The zero-order valence-electron chi connectivity index (χ0n) is 12.2. The second-order valence-electron chi connectivity index (χ2n) is 5.13. The van der Waals surface area contributed by atoms with Gasteiger partial charge in [0.1, 0.15) is 6.04 Å². The topological polar surface area (TPSA) is 66.4 Å². The van der Waals surface area contributed by atoms with Crippen LogP contribution in [0.5, 0.6) is 0 Å². The Labute approximate surface area is 129 Å². The second kappa shape index (κ2) is 7.98. The lowest BCUT2D eigenvalue weighted by Crippen LogP contribution is -2.42. The van der Waals surface area contributed by atoms with Gasteiger partial charge in [-0.05, 0) is 17.5 Å². The molecule has 0 bridgehead atoms.